The summed E-state index contributed by atoms with van der Waals surface area (Å²) in [6, 6.07) is 14.2. The fourth-order valence-electron chi connectivity index (χ4n) is 4.19. The highest BCUT2D eigenvalue weighted by molar-refractivity contribution is 7.98. The van der Waals surface area contributed by atoms with Crippen LogP contribution in [0.25, 0.3) is 5.69 Å². The van der Waals surface area contributed by atoms with Gasteiger partial charge in [0.2, 0.25) is 5.91 Å². The van der Waals surface area contributed by atoms with Gasteiger partial charge in [-0.15, -0.1) is 10.2 Å². The monoisotopic (exact) mass is 523 g/mol. The number of aryl methyl sites for hydroxylation is 1. The minimum atomic E-state index is -0.420. The average molecular weight is 524 g/mol. The molecule has 1 aromatic heterocycles. The number of amides is 1. The number of unbranched alkanes of at least 4 members (excludes halogenated alkanes) is 6. The first-order valence-corrected chi connectivity index (χ1v) is 14.1. The molecule has 3 rings (SSSR count). The van der Waals surface area contributed by atoms with Gasteiger partial charge in [0, 0.05) is 30.0 Å². The summed E-state index contributed by atoms with van der Waals surface area (Å²) in [5, 5.41) is 23.7. The quantitative estimate of drug-likeness (QED) is 0.0987. The fraction of sp³-hybridized carbons (Fsp3) is 0.464. The van der Waals surface area contributed by atoms with E-state index in [9.17, 15) is 14.9 Å². The number of hydrogen-bond acceptors (Lipinski definition) is 6. The van der Waals surface area contributed by atoms with Gasteiger partial charge < -0.3 is 5.32 Å². The van der Waals surface area contributed by atoms with Crippen LogP contribution < -0.4 is 5.32 Å². The number of carbonyl (C=O) groups excluding carboxylic acids is 1. The Morgan fingerprint density at radius 2 is 1.76 bits per heavy atom. The lowest BCUT2D eigenvalue weighted by Gasteiger charge is -2.16. The standard InChI is InChI=1S/C28H37N5O3S/c1-4-5-6-7-8-9-10-14-26(34)29-22(3)27-30-31-28(37-20-23-13-11-12-21(2)19-23)32(27)24-15-17-25(18-16-24)33(35)36/h11-13,15-19,22H,4-10,14,20H2,1-3H3,(H,29,34). The number of nitrogens with zero attached hydrogens (tertiary/aromatic N) is 4. The molecule has 2 aromatic carbocycles. The number of hydrogen-bond donors (Lipinski definition) is 1. The minimum Gasteiger partial charge on any atom is -0.346 e. The Bertz CT molecular complexity index is 1160. The lowest BCUT2D eigenvalue weighted by molar-refractivity contribution is -0.384. The predicted molar refractivity (Wildman–Crippen MR) is 148 cm³/mol. The molecule has 0 radical (unpaired) electrons. The van der Waals surface area contributed by atoms with Gasteiger partial charge in [-0.2, -0.15) is 0 Å². The van der Waals surface area contributed by atoms with Crippen LogP contribution in [0.3, 0.4) is 0 Å². The molecule has 37 heavy (non-hydrogen) atoms. The van der Waals surface area contributed by atoms with Crippen LogP contribution in [-0.4, -0.2) is 25.6 Å². The number of thioether (sulfide) groups is 1. The van der Waals surface area contributed by atoms with Crippen molar-refractivity contribution in [1.29, 1.82) is 0 Å². The third kappa shape index (κ3) is 8.70. The second-order valence-corrected chi connectivity index (χ2v) is 10.3. The molecule has 3 aromatic rings. The SMILES string of the molecule is CCCCCCCCCC(=O)NC(C)c1nnc(SCc2cccc(C)c2)n1-c1ccc([N+](=O)[O-])cc1. The molecule has 0 saturated carbocycles. The highest BCUT2D eigenvalue weighted by Crippen LogP contribution is 2.28. The topological polar surface area (TPSA) is 103 Å². The first-order chi connectivity index (χ1) is 17.9. The zero-order valence-electron chi connectivity index (χ0n) is 22.0. The molecular formula is C28H37N5O3S. The highest BCUT2D eigenvalue weighted by atomic mass is 32.2. The van der Waals surface area contributed by atoms with Crippen molar-refractivity contribution in [2.24, 2.45) is 0 Å². The summed E-state index contributed by atoms with van der Waals surface area (Å²) in [5.74, 6) is 1.29. The predicted octanol–water partition coefficient (Wildman–Crippen LogP) is 7.09. The van der Waals surface area contributed by atoms with E-state index in [0.717, 1.165) is 12.8 Å². The van der Waals surface area contributed by atoms with Gasteiger partial charge in [-0.1, -0.05) is 87.0 Å². The zero-order chi connectivity index (χ0) is 26.6. The van der Waals surface area contributed by atoms with Crippen LogP contribution in [0.5, 0.6) is 0 Å². The summed E-state index contributed by atoms with van der Waals surface area (Å²) < 4.78 is 1.88. The van der Waals surface area contributed by atoms with Gasteiger partial charge in [-0.25, -0.2) is 0 Å². The minimum absolute atomic E-state index is 0.00623. The van der Waals surface area contributed by atoms with E-state index < -0.39 is 4.92 Å². The molecular weight excluding hydrogens is 486 g/mol. The molecule has 1 unspecified atom stereocenters. The van der Waals surface area contributed by atoms with Crippen molar-refractivity contribution < 1.29 is 9.72 Å². The number of rotatable bonds is 15. The second-order valence-electron chi connectivity index (χ2n) is 9.39. The molecule has 198 valence electrons. The first-order valence-electron chi connectivity index (χ1n) is 13.1. The summed E-state index contributed by atoms with van der Waals surface area (Å²) in [6.45, 7) is 6.16. The Balaban J connectivity index is 1.71. The smallest absolute Gasteiger partial charge is 0.269 e. The highest BCUT2D eigenvalue weighted by Gasteiger charge is 2.21. The number of benzene rings is 2. The normalized spacial score (nSPS) is 11.9. The average Bonchev–Trinajstić information content (AvgIpc) is 3.31. The number of nitro benzene ring substituents is 1. The lowest BCUT2D eigenvalue weighted by Crippen LogP contribution is -2.28. The van der Waals surface area contributed by atoms with Crippen LogP contribution in [0.4, 0.5) is 5.69 Å². The Hall–Kier alpha value is -3.20. The molecule has 1 amide bonds. The van der Waals surface area contributed by atoms with E-state index in [1.807, 2.05) is 17.6 Å². The maximum atomic E-state index is 12.6. The van der Waals surface area contributed by atoms with Gasteiger partial charge in [-0.3, -0.25) is 19.5 Å². The van der Waals surface area contributed by atoms with Crippen molar-refractivity contribution in [3.63, 3.8) is 0 Å². The first kappa shape index (κ1) is 28.4. The van der Waals surface area contributed by atoms with E-state index in [2.05, 4.69) is 47.6 Å². The van der Waals surface area contributed by atoms with Gasteiger partial charge in [0.1, 0.15) is 0 Å². The van der Waals surface area contributed by atoms with Gasteiger partial charge in [0.15, 0.2) is 11.0 Å². The molecule has 0 aliphatic rings. The van der Waals surface area contributed by atoms with Gasteiger partial charge in [-0.05, 0) is 38.0 Å². The van der Waals surface area contributed by atoms with Crippen LogP contribution >= 0.6 is 11.8 Å². The van der Waals surface area contributed by atoms with E-state index in [1.165, 1.54) is 67.1 Å². The van der Waals surface area contributed by atoms with E-state index in [1.54, 1.807) is 12.1 Å². The van der Waals surface area contributed by atoms with Crippen LogP contribution in [0, 0.1) is 17.0 Å². The number of nitro groups is 1. The second kappa shape index (κ2) is 14.5. The van der Waals surface area contributed by atoms with Crippen molar-refractivity contribution >= 4 is 23.4 Å². The van der Waals surface area contributed by atoms with Gasteiger partial charge >= 0.3 is 0 Å². The van der Waals surface area contributed by atoms with Crippen molar-refractivity contribution in [3.05, 3.63) is 75.6 Å². The molecule has 0 aliphatic carbocycles. The largest absolute Gasteiger partial charge is 0.346 e. The Labute approximate surface area is 223 Å². The summed E-state index contributed by atoms with van der Waals surface area (Å²) >= 11 is 1.54. The number of carbonyl (C=O) groups is 1. The molecule has 0 fully saturated rings. The van der Waals surface area contributed by atoms with Crippen LogP contribution in [0.1, 0.15) is 88.2 Å². The van der Waals surface area contributed by atoms with E-state index in [-0.39, 0.29) is 17.6 Å². The molecule has 9 heteroatoms. The summed E-state index contributed by atoms with van der Waals surface area (Å²) in [4.78, 5) is 23.4. The van der Waals surface area contributed by atoms with Crippen LogP contribution in [-0.2, 0) is 10.5 Å². The molecule has 0 saturated heterocycles. The van der Waals surface area contributed by atoms with Crippen molar-refractivity contribution in [3.8, 4) is 5.69 Å². The maximum Gasteiger partial charge on any atom is 0.269 e. The summed E-state index contributed by atoms with van der Waals surface area (Å²) in [7, 11) is 0. The molecule has 1 N–H and O–H groups in total. The van der Waals surface area contributed by atoms with E-state index in [4.69, 9.17) is 0 Å². The molecule has 8 nitrogen and oxygen atoms in total. The number of non-ortho nitro benzene ring substituents is 1. The van der Waals surface area contributed by atoms with Crippen molar-refractivity contribution in [2.75, 3.05) is 0 Å². The Morgan fingerprint density at radius 1 is 1.05 bits per heavy atom. The molecule has 0 bridgehead atoms. The Kier molecular flexibility index (Phi) is 11.1. The lowest BCUT2D eigenvalue weighted by atomic mass is 10.1. The zero-order valence-corrected chi connectivity index (χ0v) is 22.8. The van der Waals surface area contributed by atoms with Crippen molar-refractivity contribution in [1.82, 2.24) is 20.1 Å². The summed E-state index contributed by atoms with van der Waals surface area (Å²) in [6.07, 6.45) is 8.59. The number of aromatic nitrogens is 3. The van der Waals surface area contributed by atoms with Crippen LogP contribution in [0.15, 0.2) is 53.7 Å². The maximum absolute atomic E-state index is 12.6. The van der Waals surface area contributed by atoms with Crippen LogP contribution in [0.2, 0.25) is 0 Å². The third-order valence-corrected chi connectivity index (χ3v) is 7.20. The number of nitrogens with one attached hydrogen (secondary N) is 1. The summed E-state index contributed by atoms with van der Waals surface area (Å²) in [5.41, 5.74) is 3.09. The molecule has 1 heterocycles. The van der Waals surface area contributed by atoms with Gasteiger partial charge in [0.05, 0.1) is 11.0 Å². The fourth-order valence-corrected chi connectivity index (χ4v) is 5.09. The molecule has 0 aliphatic heterocycles. The molecule has 1 atom stereocenters. The Morgan fingerprint density at radius 3 is 2.43 bits per heavy atom. The van der Waals surface area contributed by atoms with E-state index in [0.29, 0.717) is 28.8 Å². The van der Waals surface area contributed by atoms with Gasteiger partial charge in [0.25, 0.3) is 5.69 Å². The van der Waals surface area contributed by atoms with E-state index >= 15 is 0 Å². The van der Waals surface area contributed by atoms with Crippen molar-refractivity contribution in [2.45, 2.75) is 89.1 Å². The molecule has 0 spiro atoms. The third-order valence-electron chi connectivity index (χ3n) is 6.20.